The molecule has 2 aliphatic rings. The molecule has 1 fully saturated rings. The van der Waals surface area contributed by atoms with Gasteiger partial charge < -0.3 is 4.90 Å². The van der Waals surface area contributed by atoms with Gasteiger partial charge in [-0.2, -0.15) is 0 Å². The van der Waals surface area contributed by atoms with E-state index in [-0.39, 0.29) is 11.9 Å². The maximum atomic E-state index is 12.2. The summed E-state index contributed by atoms with van der Waals surface area (Å²) < 4.78 is 0. The number of hydrogen-bond acceptors (Lipinski definition) is 2. The molecular formula is C17H24N2O. The van der Waals surface area contributed by atoms with Gasteiger partial charge in [0.25, 0.3) is 0 Å². The van der Waals surface area contributed by atoms with Crippen molar-refractivity contribution >= 4 is 5.91 Å². The number of carbonyl (C=O) groups excluding carboxylic acids is 1. The molecule has 3 heteroatoms. The molecule has 1 aromatic rings. The maximum Gasteiger partial charge on any atom is 0.222 e. The molecule has 20 heavy (non-hydrogen) atoms. The van der Waals surface area contributed by atoms with Crippen LogP contribution in [0.2, 0.25) is 0 Å². The zero-order chi connectivity index (χ0) is 14.1. The number of benzene rings is 1. The number of rotatable bonds is 3. The first-order valence-electron chi connectivity index (χ1n) is 7.80. The summed E-state index contributed by atoms with van der Waals surface area (Å²) in [5.41, 5.74) is 2.78. The molecule has 1 aliphatic heterocycles. The second-order valence-corrected chi connectivity index (χ2v) is 6.02. The summed E-state index contributed by atoms with van der Waals surface area (Å²) in [4.78, 5) is 16.7. The lowest BCUT2D eigenvalue weighted by molar-refractivity contribution is -0.132. The zero-order valence-electron chi connectivity index (χ0n) is 12.5. The minimum absolute atomic E-state index is 0.233. The maximum absolute atomic E-state index is 12.2. The molecule has 0 bridgehead atoms. The Balaban J connectivity index is 1.93. The Bertz CT molecular complexity index is 494. The van der Waals surface area contributed by atoms with Gasteiger partial charge in [-0.15, -0.1) is 0 Å². The highest BCUT2D eigenvalue weighted by atomic mass is 16.2. The summed E-state index contributed by atoms with van der Waals surface area (Å²) in [5, 5.41) is 0. The monoisotopic (exact) mass is 272 g/mol. The highest BCUT2D eigenvalue weighted by Crippen LogP contribution is 2.39. The van der Waals surface area contributed by atoms with Crippen LogP contribution in [0.3, 0.4) is 0 Å². The second-order valence-electron chi connectivity index (χ2n) is 6.02. The quantitative estimate of drug-likeness (QED) is 0.844. The molecule has 1 saturated heterocycles. The van der Waals surface area contributed by atoms with Crippen LogP contribution < -0.4 is 0 Å². The highest BCUT2D eigenvalue weighted by molar-refractivity contribution is 5.76. The average Bonchev–Trinajstić information content (AvgIpc) is 3.12. The Kier molecular flexibility index (Phi) is 3.79. The summed E-state index contributed by atoms with van der Waals surface area (Å²) in [7, 11) is 1.97. The summed E-state index contributed by atoms with van der Waals surface area (Å²) in [6.45, 7) is 4.32. The van der Waals surface area contributed by atoms with Gasteiger partial charge in [0.2, 0.25) is 5.91 Å². The fourth-order valence-electron chi connectivity index (χ4n) is 3.83. The molecule has 1 aliphatic carbocycles. The molecule has 1 amide bonds. The van der Waals surface area contributed by atoms with Gasteiger partial charge in [0.15, 0.2) is 0 Å². The first-order valence-corrected chi connectivity index (χ1v) is 7.80. The molecule has 0 N–H and O–H groups in total. The van der Waals surface area contributed by atoms with Crippen LogP contribution in [0.4, 0.5) is 0 Å². The second kappa shape index (κ2) is 5.57. The van der Waals surface area contributed by atoms with Gasteiger partial charge in [-0.25, -0.2) is 0 Å². The van der Waals surface area contributed by atoms with Crippen molar-refractivity contribution in [2.75, 3.05) is 20.1 Å². The molecule has 0 aromatic heterocycles. The number of fused-ring (bicyclic) bond motifs is 1. The van der Waals surface area contributed by atoms with Crippen LogP contribution in [0.15, 0.2) is 24.3 Å². The third-order valence-corrected chi connectivity index (χ3v) is 4.89. The highest BCUT2D eigenvalue weighted by Gasteiger charge is 2.40. The number of amides is 1. The van der Waals surface area contributed by atoms with Crippen LogP contribution in [0.1, 0.15) is 43.4 Å². The fourth-order valence-corrected chi connectivity index (χ4v) is 3.83. The lowest BCUT2D eigenvalue weighted by atomic mass is 10.0. The minimum atomic E-state index is 0.233. The summed E-state index contributed by atoms with van der Waals surface area (Å²) in [6.07, 6.45) is 4.26. The van der Waals surface area contributed by atoms with E-state index in [1.807, 2.05) is 18.9 Å². The number of hydrogen-bond donors (Lipinski definition) is 0. The summed E-state index contributed by atoms with van der Waals surface area (Å²) in [5.74, 6) is 0.246. The van der Waals surface area contributed by atoms with Gasteiger partial charge in [-0.3, -0.25) is 9.69 Å². The lowest BCUT2D eigenvalue weighted by Crippen LogP contribution is -2.44. The summed E-state index contributed by atoms with van der Waals surface area (Å²) >= 11 is 0. The van der Waals surface area contributed by atoms with Gasteiger partial charge in [0, 0.05) is 19.5 Å². The van der Waals surface area contributed by atoms with Gasteiger partial charge in [0.1, 0.15) is 0 Å². The van der Waals surface area contributed by atoms with E-state index < -0.39 is 0 Å². The third kappa shape index (κ3) is 2.24. The smallest absolute Gasteiger partial charge is 0.222 e. The average molecular weight is 272 g/mol. The Morgan fingerprint density at radius 2 is 2.00 bits per heavy atom. The fraction of sp³-hybridized carbons (Fsp3) is 0.588. The molecule has 0 spiro atoms. The van der Waals surface area contributed by atoms with E-state index >= 15 is 0 Å². The van der Waals surface area contributed by atoms with Crippen LogP contribution in [-0.4, -0.2) is 41.9 Å². The number of likely N-dealkylation sites (N-methyl/N-ethyl adjacent to an activating group) is 1. The van der Waals surface area contributed by atoms with Crippen molar-refractivity contribution in [1.82, 2.24) is 9.80 Å². The molecule has 2 atom stereocenters. The summed E-state index contributed by atoms with van der Waals surface area (Å²) in [6, 6.07) is 9.34. The topological polar surface area (TPSA) is 23.6 Å². The number of likely N-dealkylation sites (tertiary alicyclic amines) is 1. The van der Waals surface area contributed by atoms with Gasteiger partial charge in [-0.05, 0) is 43.5 Å². The van der Waals surface area contributed by atoms with Crippen molar-refractivity contribution in [3.05, 3.63) is 35.4 Å². The van der Waals surface area contributed by atoms with Gasteiger partial charge >= 0.3 is 0 Å². The normalized spacial score (nSPS) is 25.7. The van der Waals surface area contributed by atoms with Crippen molar-refractivity contribution in [3.63, 3.8) is 0 Å². The minimum Gasteiger partial charge on any atom is -0.337 e. The third-order valence-electron chi connectivity index (χ3n) is 4.89. The molecular weight excluding hydrogens is 248 g/mol. The molecule has 3 rings (SSSR count). The van der Waals surface area contributed by atoms with Crippen LogP contribution in [0.25, 0.3) is 0 Å². The predicted molar refractivity (Wildman–Crippen MR) is 80.5 cm³/mol. The standard InChI is InChI=1S/C17H24N2O/c1-3-16(20)18(2)17-14-9-5-4-8-13(14)12-15(17)19-10-6-7-11-19/h4-5,8-9,15,17H,3,6-7,10-12H2,1-2H3. The van der Waals surface area contributed by atoms with Crippen LogP contribution in [0, 0.1) is 0 Å². The van der Waals surface area contributed by atoms with Crippen molar-refractivity contribution < 1.29 is 4.79 Å². The number of carbonyl (C=O) groups is 1. The van der Waals surface area contributed by atoms with E-state index in [1.54, 1.807) is 0 Å². The first-order chi connectivity index (χ1) is 9.72. The molecule has 0 saturated carbocycles. The Hall–Kier alpha value is -1.35. The first kappa shape index (κ1) is 13.6. The largest absolute Gasteiger partial charge is 0.337 e. The SMILES string of the molecule is CCC(=O)N(C)C1c2ccccc2CC1N1CCCC1. The van der Waals surface area contributed by atoms with Crippen molar-refractivity contribution in [2.45, 2.75) is 44.7 Å². The van der Waals surface area contributed by atoms with Crippen LogP contribution >= 0.6 is 0 Å². The molecule has 3 nitrogen and oxygen atoms in total. The van der Waals surface area contributed by atoms with E-state index in [1.165, 1.54) is 37.1 Å². The number of nitrogens with zero attached hydrogens (tertiary/aromatic N) is 2. The van der Waals surface area contributed by atoms with Gasteiger partial charge in [0.05, 0.1) is 6.04 Å². The van der Waals surface area contributed by atoms with E-state index in [0.717, 1.165) is 6.42 Å². The predicted octanol–water partition coefficient (Wildman–Crippen LogP) is 2.62. The zero-order valence-corrected chi connectivity index (χ0v) is 12.5. The Labute approximate surface area is 121 Å². The van der Waals surface area contributed by atoms with E-state index in [9.17, 15) is 4.79 Å². The Morgan fingerprint density at radius 3 is 2.70 bits per heavy atom. The molecule has 0 radical (unpaired) electrons. The van der Waals surface area contributed by atoms with Gasteiger partial charge in [-0.1, -0.05) is 31.2 Å². The molecule has 1 heterocycles. The van der Waals surface area contributed by atoms with Crippen LogP contribution in [0.5, 0.6) is 0 Å². The van der Waals surface area contributed by atoms with Crippen molar-refractivity contribution in [1.29, 1.82) is 0 Å². The van der Waals surface area contributed by atoms with E-state index in [0.29, 0.717) is 12.5 Å². The van der Waals surface area contributed by atoms with E-state index in [2.05, 4.69) is 29.2 Å². The van der Waals surface area contributed by atoms with Crippen molar-refractivity contribution in [3.8, 4) is 0 Å². The molecule has 2 unspecified atom stereocenters. The van der Waals surface area contributed by atoms with E-state index in [4.69, 9.17) is 0 Å². The van der Waals surface area contributed by atoms with Crippen LogP contribution in [-0.2, 0) is 11.2 Å². The Morgan fingerprint density at radius 1 is 1.30 bits per heavy atom. The molecule has 1 aromatic carbocycles. The van der Waals surface area contributed by atoms with Crippen molar-refractivity contribution in [2.24, 2.45) is 0 Å². The molecule has 108 valence electrons. The lowest BCUT2D eigenvalue weighted by Gasteiger charge is -2.35.